The molecule has 2 fully saturated rings. The van der Waals surface area contributed by atoms with Crippen molar-refractivity contribution in [2.75, 3.05) is 38.1 Å². The van der Waals surface area contributed by atoms with E-state index in [1.165, 1.54) is 6.92 Å². The Balaban J connectivity index is 1.59. The van der Waals surface area contributed by atoms with E-state index in [-0.39, 0.29) is 34.4 Å². The molecule has 35 heavy (non-hydrogen) atoms. The quantitative estimate of drug-likeness (QED) is 0.454. The van der Waals surface area contributed by atoms with Crippen molar-refractivity contribution in [3.63, 3.8) is 0 Å². The zero-order chi connectivity index (χ0) is 24.7. The van der Waals surface area contributed by atoms with E-state index in [9.17, 15) is 14.8 Å². The first-order valence-electron chi connectivity index (χ1n) is 12.2. The van der Waals surface area contributed by atoms with Crippen molar-refractivity contribution >= 4 is 28.5 Å². The van der Waals surface area contributed by atoms with Gasteiger partial charge in [-0.2, -0.15) is 14.7 Å². The highest BCUT2D eigenvalue weighted by Crippen LogP contribution is 2.32. The van der Waals surface area contributed by atoms with Gasteiger partial charge in [-0.15, -0.1) is 0 Å². The maximum atomic E-state index is 13.4. The molecule has 1 saturated heterocycles. The number of aromatic nitrogens is 4. The van der Waals surface area contributed by atoms with Gasteiger partial charge in [-0.25, -0.2) is 4.98 Å². The Hall–Kier alpha value is -3.53. The van der Waals surface area contributed by atoms with Gasteiger partial charge in [0.25, 0.3) is 11.5 Å². The number of hydrogen-bond acceptors (Lipinski definition) is 8. The second-order valence-electron chi connectivity index (χ2n) is 9.57. The number of Topliss-reactive ketones (excluding diaryl/α,β-unsaturated/α-hetero) is 1. The number of piperazine rings is 1. The lowest BCUT2D eigenvalue weighted by Gasteiger charge is -2.33. The van der Waals surface area contributed by atoms with Gasteiger partial charge in [0.1, 0.15) is 5.65 Å². The summed E-state index contributed by atoms with van der Waals surface area (Å²) in [7, 11) is 2.10. The number of pyridine rings is 2. The molecule has 1 aliphatic carbocycles. The molecule has 184 valence electrons. The summed E-state index contributed by atoms with van der Waals surface area (Å²) in [5, 5.41) is 11.3. The van der Waals surface area contributed by atoms with Crippen molar-refractivity contribution < 1.29 is 10.0 Å². The van der Waals surface area contributed by atoms with Crippen molar-refractivity contribution in [2.24, 2.45) is 4.99 Å². The molecule has 0 radical (unpaired) electrons. The SMILES string of the molecule is CC(=O)c1c(C)c2cnc(/N=c3/ccc(N4CCN(C)CC4)cn3O)nc2n(C2CCCC2)c1=O. The zero-order valence-corrected chi connectivity index (χ0v) is 20.4. The lowest BCUT2D eigenvalue weighted by Crippen LogP contribution is -2.44. The van der Waals surface area contributed by atoms with Crippen molar-refractivity contribution in [3.8, 4) is 0 Å². The zero-order valence-electron chi connectivity index (χ0n) is 20.4. The highest BCUT2D eigenvalue weighted by molar-refractivity contribution is 5.99. The lowest BCUT2D eigenvalue weighted by atomic mass is 10.0. The van der Waals surface area contributed by atoms with Crippen LogP contribution in [0.4, 0.5) is 11.6 Å². The van der Waals surface area contributed by atoms with E-state index in [2.05, 4.69) is 31.8 Å². The minimum Gasteiger partial charge on any atom is -0.427 e. The highest BCUT2D eigenvalue weighted by Gasteiger charge is 2.25. The number of likely N-dealkylation sites (N-methyl/N-ethyl adjacent to an activating group) is 1. The van der Waals surface area contributed by atoms with E-state index in [1.807, 2.05) is 6.07 Å². The van der Waals surface area contributed by atoms with Crippen LogP contribution >= 0.6 is 0 Å². The summed E-state index contributed by atoms with van der Waals surface area (Å²) >= 11 is 0. The number of rotatable bonds is 4. The molecule has 2 aliphatic rings. The Morgan fingerprint density at radius 1 is 1.14 bits per heavy atom. The number of carbonyl (C=O) groups is 1. The van der Waals surface area contributed by atoms with Crippen LogP contribution in [0.25, 0.3) is 11.0 Å². The summed E-state index contributed by atoms with van der Waals surface area (Å²) in [5.41, 5.74) is 2.18. The number of anilines is 1. The minimum atomic E-state index is -0.298. The number of nitrogens with zero attached hydrogens (tertiary/aromatic N) is 7. The molecule has 0 spiro atoms. The van der Waals surface area contributed by atoms with Crippen molar-refractivity contribution in [2.45, 2.75) is 45.6 Å². The van der Waals surface area contributed by atoms with Crippen molar-refractivity contribution in [1.82, 2.24) is 24.2 Å². The third-order valence-electron chi connectivity index (χ3n) is 7.21. The van der Waals surface area contributed by atoms with E-state index in [0.29, 0.717) is 16.6 Å². The third kappa shape index (κ3) is 4.34. The van der Waals surface area contributed by atoms with Gasteiger partial charge in [0.05, 0.1) is 17.4 Å². The summed E-state index contributed by atoms with van der Waals surface area (Å²) in [4.78, 5) is 43.6. The summed E-state index contributed by atoms with van der Waals surface area (Å²) < 4.78 is 2.64. The van der Waals surface area contributed by atoms with E-state index < -0.39 is 0 Å². The second kappa shape index (κ2) is 9.26. The average Bonchev–Trinajstić information content (AvgIpc) is 3.35. The molecule has 3 aromatic rings. The number of hydrogen-bond donors (Lipinski definition) is 1. The predicted molar refractivity (Wildman–Crippen MR) is 133 cm³/mol. The van der Waals surface area contributed by atoms with E-state index in [4.69, 9.17) is 0 Å². The van der Waals surface area contributed by atoms with E-state index in [0.717, 1.165) is 62.3 Å². The molecule has 1 saturated carbocycles. The highest BCUT2D eigenvalue weighted by atomic mass is 16.5. The molecule has 4 heterocycles. The van der Waals surface area contributed by atoms with Crippen LogP contribution in [0, 0.1) is 6.92 Å². The normalized spacial score (nSPS) is 18.0. The monoisotopic (exact) mass is 477 g/mol. The van der Waals surface area contributed by atoms with Crippen LogP contribution in [-0.4, -0.2) is 68.4 Å². The van der Waals surface area contributed by atoms with Crippen LogP contribution in [0.15, 0.2) is 34.3 Å². The minimum absolute atomic E-state index is 0.00269. The van der Waals surface area contributed by atoms with Crippen LogP contribution in [0.1, 0.15) is 54.6 Å². The summed E-state index contributed by atoms with van der Waals surface area (Å²) in [6.45, 7) is 6.90. The number of fused-ring (bicyclic) bond motifs is 1. The van der Waals surface area contributed by atoms with E-state index >= 15 is 0 Å². The number of aryl methyl sites for hydroxylation is 1. The Morgan fingerprint density at radius 2 is 1.86 bits per heavy atom. The van der Waals surface area contributed by atoms with Gasteiger partial charge >= 0.3 is 0 Å². The third-order valence-corrected chi connectivity index (χ3v) is 7.21. The fourth-order valence-electron chi connectivity index (χ4n) is 5.21. The molecular weight excluding hydrogens is 446 g/mol. The molecule has 5 rings (SSSR count). The van der Waals surface area contributed by atoms with Crippen LogP contribution in [0.3, 0.4) is 0 Å². The molecule has 1 N–H and O–H groups in total. The molecule has 1 aliphatic heterocycles. The standard InChI is InChI=1S/C25H31N7O3/c1-16-20-14-26-25(27-21-9-8-19(15-31(21)35)30-12-10-29(3)11-13-30)28-23(20)32(18-6-4-5-7-18)24(34)22(16)17(2)33/h8-9,14-15,18,35H,4-7,10-13H2,1-3H3/b27-21-. The van der Waals surface area contributed by atoms with Crippen LogP contribution < -0.4 is 15.9 Å². The molecule has 10 heteroatoms. The largest absolute Gasteiger partial charge is 0.427 e. The molecule has 10 nitrogen and oxygen atoms in total. The molecule has 3 aromatic heterocycles. The van der Waals surface area contributed by atoms with Crippen LogP contribution in [0.5, 0.6) is 0 Å². The average molecular weight is 478 g/mol. The molecule has 0 aromatic carbocycles. The van der Waals surface area contributed by atoms with Gasteiger partial charge < -0.3 is 15.0 Å². The Bertz CT molecular complexity index is 1410. The van der Waals surface area contributed by atoms with Crippen LogP contribution in [0.2, 0.25) is 0 Å². The summed E-state index contributed by atoms with van der Waals surface area (Å²) in [6, 6.07) is 3.66. The van der Waals surface area contributed by atoms with Gasteiger partial charge in [-0.05, 0) is 51.4 Å². The topological polar surface area (TPSA) is 109 Å². The van der Waals surface area contributed by atoms with Gasteiger partial charge in [0, 0.05) is 43.8 Å². The van der Waals surface area contributed by atoms with E-state index in [1.54, 1.807) is 30.0 Å². The van der Waals surface area contributed by atoms with Crippen molar-refractivity contribution in [3.05, 3.63) is 51.5 Å². The molecule has 0 unspecified atom stereocenters. The fourth-order valence-corrected chi connectivity index (χ4v) is 5.21. The van der Waals surface area contributed by atoms with Gasteiger partial charge in [-0.1, -0.05) is 12.8 Å². The molecule has 0 bridgehead atoms. The Labute approximate surface area is 203 Å². The van der Waals surface area contributed by atoms with Crippen LogP contribution in [-0.2, 0) is 0 Å². The predicted octanol–water partition coefficient (Wildman–Crippen LogP) is 2.44. The fraction of sp³-hybridized carbons (Fsp3) is 0.480. The summed E-state index contributed by atoms with van der Waals surface area (Å²) in [5.74, 6) is -0.106. The lowest BCUT2D eigenvalue weighted by molar-refractivity contribution is 0.101. The van der Waals surface area contributed by atoms with Crippen molar-refractivity contribution in [1.29, 1.82) is 0 Å². The molecule has 0 atom stereocenters. The first-order chi connectivity index (χ1) is 16.8. The first kappa shape index (κ1) is 23.2. The van der Waals surface area contributed by atoms with Gasteiger partial charge in [0.15, 0.2) is 11.3 Å². The summed E-state index contributed by atoms with van der Waals surface area (Å²) in [6.07, 6.45) is 7.08. The molecule has 0 amide bonds. The molecular formula is C25H31N7O3. The first-order valence-corrected chi connectivity index (χ1v) is 12.2. The van der Waals surface area contributed by atoms with Gasteiger partial charge in [0.2, 0.25) is 0 Å². The Morgan fingerprint density at radius 3 is 2.51 bits per heavy atom. The number of ketones is 1. The maximum absolute atomic E-state index is 13.4. The second-order valence-corrected chi connectivity index (χ2v) is 9.57. The smallest absolute Gasteiger partial charge is 0.263 e. The Kier molecular flexibility index (Phi) is 6.14. The maximum Gasteiger partial charge on any atom is 0.263 e. The number of carbonyl (C=O) groups excluding carboxylic acids is 1. The van der Waals surface area contributed by atoms with Gasteiger partial charge in [-0.3, -0.25) is 14.2 Å².